The molecule has 3 rings (SSSR count). The number of fused-ring (bicyclic) bond motifs is 1. The summed E-state index contributed by atoms with van der Waals surface area (Å²) in [4.78, 5) is 0. The average molecular weight is 242 g/mol. The second-order valence-corrected chi connectivity index (χ2v) is 4.83. The van der Waals surface area contributed by atoms with Crippen LogP contribution in [0.1, 0.15) is 29.3 Å². The number of hydrogen-bond donors (Lipinski definition) is 2. The smallest absolute Gasteiger partial charge is 0.105 e. The van der Waals surface area contributed by atoms with Crippen molar-refractivity contribution in [1.82, 2.24) is 5.32 Å². The normalized spacial score (nSPS) is 17.9. The number of nitrogen functional groups attached to an aromatic ring is 1. The number of nitrogens with one attached hydrogen (secondary N) is 1. The maximum atomic E-state index is 5.81. The van der Waals surface area contributed by atoms with Crippen molar-refractivity contribution < 1.29 is 4.42 Å². The van der Waals surface area contributed by atoms with E-state index in [1.807, 2.05) is 18.2 Å². The number of anilines is 1. The molecule has 0 aliphatic heterocycles. The summed E-state index contributed by atoms with van der Waals surface area (Å²) in [6.07, 6.45) is 4.95. The maximum Gasteiger partial charge on any atom is 0.105 e. The van der Waals surface area contributed by atoms with Crippen LogP contribution in [-0.4, -0.2) is 6.54 Å². The van der Waals surface area contributed by atoms with E-state index in [9.17, 15) is 0 Å². The Kier molecular flexibility index (Phi) is 3.07. The largest absolute Gasteiger partial charge is 0.469 e. The van der Waals surface area contributed by atoms with Gasteiger partial charge in [-0.25, -0.2) is 0 Å². The van der Waals surface area contributed by atoms with Gasteiger partial charge < -0.3 is 15.5 Å². The Labute approximate surface area is 107 Å². The van der Waals surface area contributed by atoms with Gasteiger partial charge in [0.2, 0.25) is 0 Å². The molecule has 1 atom stereocenters. The second kappa shape index (κ2) is 4.86. The summed E-state index contributed by atoms with van der Waals surface area (Å²) in [5.41, 5.74) is 9.47. The fourth-order valence-corrected chi connectivity index (χ4v) is 2.67. The summed E-state index contributed by atoms with van der Waals surface area (Å²) in [6.45, 7) is 0.946. The van der Waals surface area contributed by atoms with E-state index >= 15 is 0 Å². The third-order valence-electron chi connectivity index (χ3n) is 3.59. The summed E-state index contributed by atoms with van der Waals surface area (Å²) in [6, 6.07) is 10.7. The molecule has 1 heterocycles. The molecule has 1 unspecified atom stereocenters. The van der Waals surface area contributed by atoms with Gasteiger partial charge in [-0.15, -0.1) is 0 Å². The topological polar surface area (TPSA) is 51.2 Å². The van der Waals surface area contributed by atoms with Gasteiger partial charge in [0.05, 0.1) is 6.26 Å². The maximum absolute atomic E-state index is 5.81. The highest BCUT2D eigenvalue weighted by molar-refractivity contribution is 5.47. The zero-order valence-electron chi connectivity index (χ0n) is 10.4. The fourth-order valence-electron chi connectivity index (χ4n) is 2.67. The quantitative estimate of drug-likeness (QED) is 0.810. The molecule has 18 heavy (non-hydrogen) atoms. The van der Waals surface area contributed by atoms with E-state index in [1.165, 1.54) is 11.1 Å². The Hall–Kier alpha value is -1.74. The predicted molar refractivity (Wildman–Crippen MR) is 72.3 cm³/mol. The van der Waals surface area contributed by atoms with Gasteiger partial charge in [-0.05, 0) is 48.2 Å². The Morgan fingerprint density at radius 1 is 1.33 bits per heavy atom. The minimum Gasteiger partial charge on any atom is -0.469 e. The highest BCUT2D eigenvalue weighted by Gasteiger charge is 2.21. The zero-order valence-corrected chi connectivity index (χ0v) is 10.4. The summed E-state index contributed by atoms with van der Waals surface area (Å²) in [5, 5.41) is 3.59. The highest BCUT2D eigenvalue weighted by atomic mass is 16.3. The molecular formula is C15H18N2O. The Bertz CT molecular complexity index is 519. The van der Waals surface area contributed by atoms with E-state index in [-0.39, 0.29) is 0 Å². The Morgan fingerprint density at radius 3 is 3.11 bits per heavy atom. The van der Waals surface area contributed by atoms with Crippen molar-refractivity contribution in [3.05, 3.63) is 53.5 Å². The van der Waals surface area contributed by atoms with Crippen LogP contribution in [0, 0.1) is 0 Å². The lowest BCUT2D eigenvalue weighted by Crippen LogP contribution is -2.21. The van der Waals surface area contributed by atoms with Crippen LogP contribution in [0.4, 0.5) is 5.69 Å². The molecule has 0 fully saturated rings. The molecule has 3 N–H and O–H groups in total. The van der Waals surface area contributed by atoms with Gasteiger partial charge in [0, 0.05) is 24.7 Å². The van der Waals surface area contributed by atoms with Crippen LogP contribution in [0.3, 0.4) is 0 Å². The molecule has 2 aromatic rings. The van der Waals surface area contributed by atoms with Gasteiger partial charge in [0.1, 0.15) is 5.76 Å². The van der Waals surface area contributed by atoms with E-state index in [4.69, 9.17) is 10.2 Å². The first-order valence-corrected chi connectivity index (χ1v) is 6.47. The van der Waals surface area contributed by atoms with Crippen molar-refractivity contribution in [2.75, 3.05) is 12.3 Å². The molecule has 1 aromatic carbocycles. The van der Waals surface area contributed by atoms with Crippen molar-refractivity contribution in [1.29, 1.82) is 0 Å². The molecular weight excluding hydrogens is 224 g/mol. The first-order chi connectivity index (χ1) is 8.83. The Balaban J connectivity index is 1.59. The molecule has 0 bridgehead atoms. The number of furan rings is 1. The van der Waals surface area contributed by atoms with E-state index in [0.29, 0.717) is 6.04 Å². The molecule has 3 nitrogen and oxygen atoms in total. The van der Waals surface area contributed by atoms with E-state index in [2.05, 4.69) is 17.4 Å². The van der Waals surface area contributed by atoms with Crippen LogP contribution in [0.15, 0.2) is 41.0 Å². The van der Waals surface area contributed by atoms with Crippen molar-refractivity contribution >= 4 is 5.69 Å². The Morgan fingerprint density at radius 2 is 2.28 bits per heavy atom. The third-order valence-corrected chi connectivity index (χ3v) is 3.59. The SMILES string of the molecule is Nc1ccc2c(c1)CCC2NCCc1ccco1. The molecule has 0 radical (unpaired) electrons. The minimum atomic E-state index is 0.468. The number of aryl methyl sites for hydroxylation is 1. The lowest BCUT2D eigenvalue weighted by molar-refractivity contribution is 0.476. The van der Waals surface area contributed by atoms with Gasteiger partial charge in [0.25, 0.3) is 0 Å². The second-order valence-electron chi connectivity index (χ2n) is 4.83. The van der Waals surface area contributed by atoms with Gasteiger partial charge >= 0.3 is 0 Å². The van der Waals surface area contributed by atoms with Crippen molar-refractivity contribution in [2.45, 2.75) is 25.3 Å². The monoisotopic (exact) mass is 242 g/mol. The van der Waals surface area contributed by atoms with Gasteiger partial charge in [-0.3, -0.25) is 0 Å². The number of hydrogen-bond acceptors (Lipinski definition) is 3. The molecule has 94 valence electrons. The van der Waals surface area contributed by atoms with Crippen molar-refractivity contribution in [2.24, 2.45) is 0 Å². The molecule has 0 saturated heterocycles. The van der Waals surface area contributed by atoms with Gasteiger partial charge in [0.15, 0.2) is 0 Å². The summed E-state index contributed by atoms with van der Waals surface area (Å²) < 4.78 is 5.33. The number of nitrogens with two attached hydrogens (primary N) is 1. The highest BCUT2D eigenvalue weighted by Crippen LogP contribution is 2.32. The molecule has 1 aliphatic carbocycles. The minimum absolute atomic E-state index is 0.468. The van der Waals surface area contributed by atoms with Crippen LogP contribution in [0.5, 0.6) is 0 Å². The summed E-state index contributed by atoms with van der Waals surface area (Å²) >= 11 is 0. The molecule has 1 aliphatic rings. The van der Waals surface area contributed by atoms with Gasteiger partial charge in [-0.1, -0.05) is 6.07 Å². The van der Waals surface area contributed by atoms with Crippen LogP contribution in [0.25, 0.3) is 0 Å². The molecule has 1 aromatic heterocycles. The van der Waals surface area contributed by atoms with Crippen molar-refractivity contribution in [3.8, 4) is 0 Å². The van der Waals surface area contributed by atoms with E-state index in [1.54, 1.807) is 6.26 Å². The first kappa shape index (κ1) is 11.4. The fraction of sp³-hybridized carbons (Fsp3) is 0.333. The average Bonchev–Trinajstić information content (AvgIpc) is 2.99. The standard InChI is InChI=1S/C15H18N2O/c16-12-4-5-14-11(10-12)3-6-15(14)17-8-7-13-2-1-9-18-13/h1-2,4-5,9-10,15,17H,3,6-8,16H2. The van der Waals surface area contributed by atoms with Gasteiger partial charge in [-0.2, -0.15) is 0 Å². The lowest BCUT2D eigenvalue weighted by Gasteiger charge is -2.13. The third kappa shape index (κ3) is 2.27. The van der Waals surface area contributed by atoms with E-state index in [0.717, 1.165) is 37.3 Å². The number of benzene rings is 1. The molecule has 3 heteroatoms. The zero-order chi connectivity index (χ0) is 12.4. The lowest BCUT2D eigenvalue weighted by atomic mass is 10.1. The first-order valence-electron chi connectivity index (χ1n) is 6.47. The summed E-state index contributed by atoms with van der Waals surface area (Å²) in [5.74, 6) is 1.04. The predicted octanol–water partition coefficient (Wildman–Crippen LogP) is 2.68. The van der Waals surface area contributed by atoms with Crippen LogP contribution >= 0.6 is 0 Å². The summed E-state index contributed by atoms with van der Waals surface area (Å²) in [7, 11) is 0. The van der Waals surface area contributed by atoms with Crippen LogP contribution < -0.4 is 11.1 Å². The number of rotatable bonds is 4. The molecule has 0 saturated carbocycles. The van der Waals surface area contributed by atoms with Crippen LogP contribution in [-0.2, 0) is 12.8 Å². The van der Waals surface area contributed by atoms with Crippen molar-refractivity contribution in [3.63, 3.8) is 0 Å². The molecule has 0 spiro atoms. The molecule has 0 amide bonds. The van der Waals surface area contributed by atoms with Crippen LogP contribution in [0.2, 0.25) is 0 Å². The van der Waals surface area contributed by atoms with E-state index < -0.39 is 0 Å².